The number of H-pyrrole nitrogens is 2. The molecule has 6 aromatic rings. The van der Waals surface area contributed by atoms with Gasteiger partial charge in [0.2, 0.25) is 5.91 Å². The standard InChI is InChI=1S/C47H49N7O8/c1-26-10-15-38(54(26)41(55)22-49-46(57)60-3)36-19-31-12-11-29-18-35-33-14-13-30(17-32(33)25-62-40(35)20-34(29)42(31)50-36)37-21-48-44(51-37)39-16-27(24-59-2)23-53(39)45(56)43(52-47(58)61-4)28-8-6-5-7-9-28/h5-9,11-14,17-21,26-27,38-39,43,50H,10,15-16,22-25H2,1-4H3,(H,48,51)(H,49,57)(H,52,58)/t26-,27-,38-,39-,43+/m0/s1. The molecule has 5 heterocycles. The second-order valence-electron chi connectivity index (χ2n) is 16.3. The van der Waals surface area contributed by atoms with Crippen LogP contribution in [0.1, 0.15) is 67.0 Å². The summed E-state index contributed by atoms with van der Waals surface area (Å²) < 4.78 is 21.5. The highest BCUT2D eigenvalue weighted by Crippen LogP contribution is 2.44. The lowest BCUT2D eigenvalue weighted by Crippen LogP contribution is -2.43. The molecule has 0 aliphatic carbocycles. The van der Waals surface area contributed by atoms with Crippen molar-refractivity contribution in [3.05, 3.63) is 108 Å². The number of nitrogens with one attached hydrogen (secondary N) is 4. The first-order chi connectivity index (χ1) is 30.1. The SMILES string of the molecule is COC[C@H]1C[C@@H](c2ncc(-c3ccc4c(c3)COc3cc5c(ccc6cc([C@@H]7CC[C@H](C)N7C(=O)CNC(=O)OC)[nH]c65)cc3-4)[nH]2)N(C(=O)[C@H](NC(=O)OC)c2ccccc2)C1. The molecule has 9 rings (SSSR count). The first kappa shape index (κ1) is 40.5. The summed E-state index contributed by atoms with van der Waals surface area (Å²) in [5, 5.41) is 8.38. The molecule has 62 heavy (non-hydrogen) atoms. The summed E-state index contributed by atoms with van der Waals surface area (Å²) in [6.45, 7) is 3.21. The van der Waals surface area contributed by atoms with E-state index in [-0.39, 0.29) is 42.4 Å². The van der Waals surface area contributed by atoms with Gasteiger partial charge in [-0.1, -0.05) is 54.6 Å². The second-order valence-corrected chi connectivity index (χ2v) is 16.3. The van der Waals surface area contributed by atoms with Gasteiger partial charge in [-0.3, -0.25) is 9.59 Å². The maximum absolute atomic E-state index is 14.3. The molecule has 0 radical (unpaired) electrons. The average molecular weight is 840 g/mol. The van der Waals surface area contributed by atoms with Gasteiger partial charge in [-0.15, -0.1) is 0 Å². The minimum Gasteiger partial charge on any atom is -0.488 e. The van der Waals surface area contributed by atoms with Crippen LogP contribution in [0.25, 0.3) is 44.1 Å². The van der Waals surface area contributed by atoms with E-state index in [1.807, 2.05) is 42.2 Å². The lowest BCUT2D eigenvalue weighted by Gasteiger charge is -2.28. The molecule has 5 atom stereocenters. The summed E-state index contributed by atoms with van der Waals surface area (Å²) in [7, 11) is 4.21. The highest BCUT2D eigenvalue weighted by Gasteiger charge is 2.41. The Bertz CT molecular complexity index is 2680. The van der Waals surface area contributed by atoms with Crippen molar-refractivity contribution in [1.82, 2.24) is 35.4 Å². The minimum atomic E-state index is -0.943. The summed E-state index contributed by atoms with van der Waals surface area (Å²) >= 11 is 0. The van der Waals surface area contributed by atoms with Crippen LogP contribution in [0.15, 0.2) is 85.1 Å². The van der Waals surface area contributed by atoms with E-state index in [9.17, 15) is 19.2 Å². The zero-order valence-corrected chi connectivity index (χ0v) is 35.0. The molecule has 15 heteroatoms. The van der Waals surface area contributed by atoms with Crippen molar-refractivity contribution in [2.75, 3.05) is 41.0 Å². The van der Waals surface area contributed by atoms with Crippen molar-refractivity contribution in [1.29, 1.82) is 0 Å². The molecule has 15 nitrogen and oxygen atoms in total. The van der Waals surface area contributed by atoms with Crippen LogP contribution in [-0.2, 0) is 30.4 Å². The molecule has 0 saturated carbocycles. The number of alkyl carbamates (subject to hydrolysis) is 2. The van der Waals surface area contributed by atoms with Gasteiger partial charge in [0.25, 0.3) is 5.91 Å². The smallest absolute Gasteiger partial charge is 0.407 e. The summed E-state index contributed by atoms with van der Waals surface area (Å²) in [5.74, 6) is 1.10. The quantitative estimate of drug-likeness (QED) is 0.110. The minimum absolute atomic E-state index is 0.0325. The molecule has 0 bridgehead atoms. The number of carbonyl (C=O) groups excluding carboxylic acids is 4. The largest absolute Gasteiger partial charge is 0.488 e. The number of hydrogen-bond acceptors (Lipinski definition) is 9. The maximum atomic E-state index is 14.3. The Morgan fingerprint density at radius 2 is 1.69 bits per heavy atom. The Hall–Kier alpha value is -6.87. The highest BCUT2D eigenvalue weighted by molar-refractivity contribution is 6.08. The van der Waals surface area contributed by atoms with Gasteiger partial charge in [-0.2, -0.15) is 0 Å². The number of amides is 4. The van der Waals surface area contributed by atoms with E-state index in [2.05, 4.69) is 73.9 Å². The van der Waals surface area contributed by atoms with Gasteiger partial charge in [0.15, 0.2) is 0 Å². The molecule has 2 fully saturated rings. The topological polar surface area (TPSA) is 180 Å². The van der Waals surface area contributed by atoms with E-state index in [1.54, 1.807) is 18.2 Å². The third-order valence-corrected chi connectivity index (χ3v) is 12.5. The van der Waals surface area contributed by atoms with Gasteiger partial charge < -0.3 is 49.3 Å². The average Bonchev–Trinajstić information content (AvgIpc) is 4.12. The van der Waals surface area contributed by atoms with Crippen molar-refractivity contribution >= 4 is 45.7 Å². The third-order valence-electron chi connectivity index (χ3n) is 12.5. The first-order valence-electron chi connectivity index (χ1n) is 20.9. The van der Waals surface area contributed by atoms with Crippen LogP contribution in [0, 0.1) is 5.92 Å². The van der Waals surface area contributed by atoms with Crippen LogP contribution in [0.3, 0.4) is 0 Å². The molecule has 3 aliphatic heterocycles. The molecule has 0 unspecified atom stereocenters. The Balaban J connectivity index is 0.970. The Morgan fingerprint density at radius 3 is 2.48 bits per heavy atom. The molecule has 320 valence electrons. The van der Waals surface area contributed by atoms with E-state index in [0.717, 1.165) is 73.9 Å². The first-order valence-corrected chi connectivity index (χ1v) is 20.9. The number of aromatic amines is 2. The van der Waals surface area contributed by atoms with Crippen molar-refractivity contribution in [2.24, 2.45) is 5.92 Å². The summed E-state index contributed by atoms with van der Waals surface area (Å²) in [6, 6.07) is 24.6. The molecule has 0 spiro atoms. The molecule has 4 aromatic carbocycles. The number of aromatic nitrogens is 3. The maximum Gasteiger partial charge on any atom is 0.407 e. The van der Waals surface area contributed by atoms with Crippen LogP contribution in [0.5, 0.6) is 5.75 Å². The molecule has 3 aliphatic rings. The molecule has 4 amide bonds. The van der Waals surface area contributed by atoms with Crippen molar-refractivity contribution in [2.45, 2.75) is 57.0 Å². The number of likely N-dealkylation sites (tertiary alicyclic amines) is 2. The van der Waals surface area contributed by atoms with Crippen molar-refractivity contribution < 1.29 is 38.1 Å². The Labute approximate surface area is 358 Å². The predicted octanol–water partition coefficient (Wildman–Crippen LogP) is 7.31. The number of benzene rings is 4. The second kappa shape index (κ2) is 16.9. The Morgan fingerprint density at radius 1 is 0.887 bits per heavy atom. The number of ether oxygens (including phenoxy) is 4. The number of hydrogen-bond donors (Lipinski definition) is 4. The number of carbonyl (C=O) groups is 4. The Kier molecular flexibility index (Phi) is 11.0. The lowest BCUT2D eigenvalue weighted by atomic mass is 9.92. The van der Waals surface area contributed by atoms with Crippen molar-refractivity contribution in [3.8, 4) is 28.1 Å². The van der Waals surface area contributed by atoms with Gasteiger partial charge in [-0.05, 0) is 78.1 Å². The molecule has 2 saturated heterocycles. The van der Waals surface area contributed by atoms with Gasteiger partial charge in [0.05, 0.1) is 50.3 Å². The van der Waals surface area contributed by atoms with Gasteiger partial charge in [0, 0.05) is 47.6 Å². The fourth-order valence-electron chi connectivity index (χ4n) is 9.52. The number of imidazole rings is 1. The lowest BCUT2D eigenvalue weighted by molar-refractivity contribution is -0.135. The zero-order chi connectivity index (χ0) is 43.1. The number of rotatable bonds is 10. The van der Waals surface area contributed by atoms with E-state index < -0.39 is 18.2 Å². The van der Waals surface area contributed by atoms with Crippen LogP contribution in [0.2, 0.25) is 0 Å². The van der Waals surface area contributed by atoms with Gasteiger partial charge in [0.1, 0.15) is 30.8 Å². The summed E-state index contributed by atoms with van der Waals surface area (Å²) in [4.78, 5) is 67.2. The molecule has 2 aromatic heterocycles. The number of nitrogens with zero attached hydrogens (tertiary/aromatic N) is 3. The summed E-state index contributed by atoms with van der Waals surface area (Å²) in [5.41, 5.74) is 7.44. The molecule has 4 N–H and O–H groups in total. The van der Waals surface area contributed by atoms with E-state index in [0.29, 0.717) is 37.6 Å². The van der Waals surface area contributed by atoms with E-state index >= 15 is 0 Å². The predicted molar refractivity (Wildman–Crippen MR) is 231 cm³/mol. The van der Waals surface area contributed by atoms with Crippen LogP contribution in [0.4, 0.5) is 9.59 Å². The monoisotopic (exact) mass is 839 g/mol. The fraction of sp³-hybridized carbons (Fsp3) is 0.340. The number of fused-ring (bicyclic) bond motifs is 6. The number of methoxy groups -OCH3 is 3. The van der Waals surface area contributed by atoms with Gasteiger partial charge in [-0.25, -0.2) is 14.6 Å². The molecular formula is C47H49N7O8. The third kappa shape index (κ3) is 7.57. The molecular weight excluding hydrogens is 791 g/mol. The van der Waals surface area contributed by atoms with Crippen molar-refractivity contribution in [3.63, 3.8) is 0 Å². The van der Waals surface area contributed by atoms with Crippen LogP contribution >= 0.6 is 0 Å². The van der Waals surface area contributed by atoms with Gasteiger partial charge >= 0.3 is 12.2 Å². The normalized spacial score (nSPS) is 19.7. The van der Waals surface area contributed by atoms with Crippen LogP contribution < -0.4 is 15.4 Å². The zero-order valence-electron chi connectivity index (χ0n) is 35.0. The van der Waals surface area contributed by atoms with E-state index in [4.69, 9.17) is 19.2 Å². The summed E-state index contributed by atoms with van der Waals surface area (Å²) in [6.07, 6.45) is 2.78. The fourth-order valence-corrected chi connectivity index (χ4v) is 9.52. The highest BCUT2D eigenvalue weighted by atomic mass is 16.5. The van der Waals surface area contributed by atoms with Crippen LogP contribution in [-0.4, -0.2) is 95.8 Å². The van der Waals surface area contributed by atoms with E-state index in [1.165, 1.54) is 14.2 Å².